The zero-order chi connectivity index (χ0) is 23.0. The Labute approximate surface area is 186 Å². The van der Waals surface area contributed by atoms with Gasteiger partial charge in [-0.1, -0.05) is 44.2 Å². The van der Waals surface area contributed by atoms with Crippen molar-refractivity contribution in [1.29, 1.82) is 0 Å². The number of aryl methyl sites for hydroxylation is 2. The van der Waals surface area contributed by atoms with Gasteiger partial charge in [0.25, 0.3) is 11.7 Å². The molecule has 0 saturated carbocycles. The molecule has 1 aliphatic heterocycles. The van der Waals surface area contributed by atoms with Crippen LogP contribution in [0.5, 0.6) is 0 Å². The first-order valence-electron chi connectivity index (χ1n) is 10.6. The molecule has 3 aromatic rings. The van der Waals surface area contributed by atoms with Crippen molar-refractivity contribution in [3.05, 3.63) is 88.0 Å². The molecule has 7 heteroatoms. The van der Waals surface area contributed by atoms with Crippen LogP contribution in [0.2, 0.25) is 0 Å². The average Bonchev–Trinajstić information content (AvgIpc) is 3.25. The molecule has 3 heterocycles. The monoisotopic (exact) mass is 430 g/mol. The number of hydrogen-bond acceptors (Lipinski definition) is 5. The number of pyridine rings is 1. The summed E-state index contributed by atoms with van der Waals surface area (Å²) in [5, 5.41) is 18.2. The standard InChI is InChI=1S/C25H26N4O3/c1-14(2)18-7-9-19(10-8-18)22-21(23(30)20-15(3)27-28-16(20)4)24(31)25(32)29(22)13-17-6-5-11-26-12-17/h5-12,14,22,30H,13H2,1-4H3,(H,27,28). The van der Waals surface area contributed by atoms with E-state index in [2.05, 4.69) is 29.0 Å². The summed E-state index contributed by atoms with van der Waals surface area (Å²) < 4.78 is 0. The van der Waals surface area contributed by atoms with E-state index in [9.17, 15) is 14.7 Å². The van der Waals surface area contributed by atoms with Crippen molar-refractivity contribution >= 4 is 17.4 Å². The molecule has 0 spiro atoms. The van der Waals surface area contributed by atoms with Gasteiger partial charge in [-0.3, -0.25) is 19.7 Å². The van der Waals surface area contributed by atoms with E-state index >= 15 is 0 Å². The number of carbonyl (C=O) groups is 2. The molecule has 0 radical (unpaired) electrons. The molecular weight excluding hydrogens is 404 g/mol. The van der Waals surface area contributed by atoms with Crippen molar-refractivity contribution in [3.63, 3.8) is 0 Å². The number of nitrogens with one attached hydrogen (secondary N) is 1. The third-order valence-electron chi connectivity index (χ3n) is 5.90. The van der Waals surface area contributed by atoms with Gasteiger partial charge in [-0.25, -0.2) is 0 Å². The molecule has 32 heavy (non-hydrogen) atoms. The van der Waals surface area contributed by atoms with Crippen molar-refractivity contribution in [2.24, 2.45) is 0 Å². The molecule has 0 bridgehead atoms. The number of carbonyl (C=O) groups excluding carboxylic acids is 2. The van der Waals surface area contributed by atoms with E-state index in [1.54, 1.807) is 32.3 Å². The minimum Gasteiger partial charge on any atom is -0.507 e. The molecule has 1 atom stereocenters. The van der Waals surface area contributed by atoms with Gasteiger partial charge in [-0.05, 0) is 42.5 Å². The minimum atomic E-state index is -0.717. The number of likely N-dealkylation sites (tertiary alicyclic amines) is 1. The van der Waals surface area contributed by atoms with Crippen molar-refractivity contribution in [3.8, 4) is 0 Å². The number of aliphatic hydroxyl groups excluding tert-OH is 1. The van der Waals surface area contributed by atoms with Gasteiger partial charge in [0, 0.05) is 24.6 Å². The number of nitrogens with zero attached hydrogens (tertiary/aromatic N) is 3. The number of aromatic nitrogens is 3. The van der Waals surface area contributed by atoms with Crippen molar-refractivity contribution in [2.45, 2.75) is 46.2 Å². The summed E-state index contributed by atoms with van der Waals surface area (Å²) in [6, 6.07) is 10.8. The highest BCUT2D eigenvalue weighted by atomic mass is 16.3. The second-order valence-electron chi connectivity index (χ2n) is 8.42. The summed E-state index contributed by atoms with van der Waals surface area (Å²) in [6.07, 6.45) is 3.33. The Balaban J connectivity index is 1.88. The number of aliphatic hydroxyl groups is 1. The SMILES string of the molecule is Cc1n[nH]c(C)c1C(O)=C1C(=O)C(=O)N(Cc2cccnc2)C1c1ccc(C(C)C)cc1. The quantitative estimate of drug-likeness (QED) is 0.360. The highest BCUT2D eigenvalue weighted by Gasteiger charge is 2.46. The van der Waals surface area contributed by atoms with Crippen LogP contribution in [0.25, 0.3) is 5.76 Å². The number of H-pyrrole nitrogens is 1. The maximum absolute atomic E-state index is 13.2. The fourth-order valence-electron chi connectivity index (χ4n) is 4.18. The van der Waals surface area contributed by atoms with E-state index < -0.39 is 17.7 Å². The highest BCUT2D eigenvalue weighted by molar-refractivity contribution is 6.46. The fourth-order valence-corrected chi connectivity index (χ4v) is 4.18. The molecule has 164 valence electrons. The van der Waals surface area contributed by atoms with Gasteiger partial charge < -0.3 is 10.0 Å². The van der Waals surface area contributed by atoms with Crippen molar-refractivity contribution in [1.82, 2.24) is 20.1 Å². The van der Waals surface area contributed by atoms with Crippen LogP contribution in [0.4, 0.5) is 0 Å². The van der Waals surface area contributed by atoms with Gasteiger partial charge in [-0.15, -0.1) is 0 Å². The Bertz CT molecular complexity index is 1170. The summed E-state index contributed by atoms with van der Waals surface area (Å²) >= 11 is 0. The van der Waals surface area contributed by atoms with Crippen molar-refractivity contribution in [2.75, 3.05) is 0 Å². The van der Waals surface area contributed by atoms with E-state index in [0.717, 1.165) is 16.7 Å². The Morgan fingerprint density at radius 1 is 1.16 bits per heavy atom. The van der Waals surface area contributed by atoms with Crippen molar-refractivity contribution < 1.29 is 14.7 Å². The maximum atomic E-state index is 13.2. The molecule has 2 aromatic heterocycles. The number of amides is 1. The van der Waals surface area contributed by atoms with E-state index in [0.29, 0.717) is 22.9 Å². The van der Waals surface area contributed by atoms with Gasteiger partial charge in [0.05, 0.1) is 22.9 Å². The zero-order valence-electron chi connectivity index (χ0n) is 18.6. The first-order chi connectivity index (χ1) is 15.3. The largest absolute Gasteiger partial charge is 0.507 e. The third-order valence-corrected chi connectivity index (χ3v) is 5.90. The Hall–Kier alpha value is -3.74. The molecule has 0 aliphatic carbocycles. The minimum absolute atomic E-state index is 0.0730. The molecular formula is C25H26N4O3. The van der Waals surface area contributed by atoms with E-state index in [1.165, 1.54) is 4.90 Å². The van der Waals surface area contributed by atoms with Crippen LogP contribution in [0.1, 0.15) is 59.4 Å². The third kappa shape index (κ3) is 3.70. The summed E-state index contributed by atoms with van der Waals surface area (Å²) in [6.45, 7) is 7.93. The van der Waals surface area contributed by atoms with Crippen LogP contribution in [0.3, 0.4) is 0 Å². The van der Waals surface area contributed by atoms with Crippen LogP contribution in [-0.2, 0) is 16.1 Å². The normalized spacial score (nSPS) is 18.0. The lowest BCUT2D eigenvalue weighted by Crippen LogP contribution is -2.29. The van der Waals surface area contributed by atoms with E-state index in [-0.39, 0.29) is 17.9 Å². The van der Waals surface area contributed by atoms with Gasteiger partial charge >= 0.3 is 0 Å². The molecule has 7 nitrogen and oxygen atoms in total. The predicted molar refractivity (Wildman–Crippen MR) is 121 cm³/mol. The molecule has 1 fully saturated rings. The second-order valence-corrected chi connectivity index (χ2v) is 8.42. The smallest absolute Gasteiger partial charge is 0.295 e. The fraction of sp³-hybridized carbons (Fsp3) is 0.280. The topological polar surface area (TPSA) is 99.2 Å². The lowest BCUT2D eigenvalue weighted by atomic mass is 9.92. The van der Waals surface area contributed by atoms with Gasteiger partial charge in [0.15, 0.2) is 0 Å². The molecule has 1 unspecified atom stereocenters. The van der Waals surface area contributed by atoms with E-state index in [4.69, 9.17) is 0 Å². The lowest BCUT2D eigenvalue weighted by Gasteiger charge is -2.25. The number of rotatable bonds is 5. The number of ketones is 1. The summed E-state index contributed by atoms with van der Waals surface area (Å²) in [5.74, 6) is -1.21. The summed E-state index contributed by atoms with van der Waals surface area (Å²) in [7, 11) is 0. The molecule has 2 N–H and O–H groups in total. The van der Waals surface area contributed by atoms with E-state index in [1.807, 2.05) is 30.3 Å². The van der Waals surface area contributed by atoms with Gasteiger partial charge in [0.1, 0.15) is 5.76 Å². The molecule has 4 rings (SSSR count). The first-order valence-corrected chi connectivity index (χ1v) is 10.6. The molecule has 1 saturated heterocycles. The Morgan fingerprint density at radius 3 is 2.44 bits per heavy atom. The summed E-state index contributed by atoms with van der Waals surface area (Å²) in [5.41, 5.74) is 4.43. The van der Waals surface area contributed by atoms with Crippen LogP contribution in [0.15, 0.2) is 54.4 Å². The average molecular weight is 431 g/mol. The number of benzene rings is 1. The maximum Gasteiger partial charge on any atom is 0.295 e. The lowest BCUT2D eigenvalue weighted by molar-refractivity contribution is -0.140. The molecule has 1 aromatic carbocycles. The second kappa shape index (κ2) is 8.42. The number of aromatic amines is 1. The number of Topliss-reactive ketones (excluding diaryl/α,β-unsaturated/α-hetero) is 1. The van der Waals surface area contributed by atoms with Gasteiger partial charge in [0.2, 0.25) is 0 Å². The first kappa shape index (κ1) is 21.5. The summed E-state index contributed by atoms with van der Waals surface area (Å²) in [4.78, 5) is 31.9. The Kier molecular flexibility index (Phi) is 5.65. The number of hydrogen-bond donors (Lipinski definition) is 2. The van der Waals surface area contributed by atoms with Crippen LogP contribution >= 0.6 is 0 Å². The predicted octanol–water partition coefficient (Wildman–Crippen LogP) is 4.17. The highest BCUT2D eigenvalue weighted by Crippen LogP contribution is 2.41. The Morgan fingerprint density at radius 2 is 1.88 bits per heavy atom. The van der Waals surface area contributed by atoms with Crippen LogP contribution in [0, 0.1) is 13.8 Å². The molecule has 1 aliphatic rings. The van der Waals surface area contributed by atoms with Gasteiger partial charge in [-0.2, -0.15) is 5.10 Å². The zero-order valence-corrected chi connectivity index (χ0v) is 18.6. The van der Waals surface area contributed by atoms with Crippen LogP contribution in [-0.4, -0.2) is 36.9 Å². The molecule has 1 amide bonds. The van der Waals surface area contributed by atoms with Crippen LogP contribution < -0.4 is 0 Å².